The molecule has 4 heteroatoms. The predicted molar refractivity (Wildman–Crippen MR) is 117 cm³/mol. The molecular weight excluding hydrogens is 358 g/mol. The molecule has 3 aromatic carbocycles. The summed E-state index contributed by atoms with van der Waals surface area (Å²) in [4.78, 5) is 15.1. The minimum absolute atomic E-state index is 0.131. The van der Waals surface area contributed by atoms with Crippen LogP contribution in [0.4, 0.5) is 5.69 Å². The van der Waals surface area contributed by atoms with Gasteiger partial charge in [0.2, 0.25) is 5.91 Å². The Morgan fingerprint density at radius 2 is 1.69 bits per heavy atom. The lowest BCUT2D eigenvalue weighted by Crippen LogP contribution is -2.40. The van der Waals surface area contributed by atoms with Gasteiger partial charge in [0.25, 0.3) is 0 Å². The van der Waals surface area contributed by atoms with Gasteiger partial charge in [-0.3, -0.25) is 4.79 Å². The van der Waals surface area contributed by atoms with Crippen LogP contribution in [0.15, 0.2) is 72.8 Å². The van der Waals surface area contributed by atoms with E-state index in [0.29, 0.717) is 18.5 Å². The van der Waals surface area contributed by atoms with E-state index >= 15 is 0 Å². The van der Waals surface area contributed by atoms with Crippen molar-refractivity contribution >= 4 is 11.6 Å². The zero-order valence-electron chi connectivity index (χ0n) is 16.8. The second-order valence-electron chi connectivity index (χ2n) is 7.21. The van der Waals surface area contributed by atoms with Gasteiger partial charge in [0.1, 0.15) is 6.04 Å². The number of aryl methyl sites for hydroxylation is 2. The number of carbonyl (C=O) groups excluding carboxylic acids is 1. The average Bonchev–Trinajstić information content (AvgIpc) is 2.76. The first kappa shape index (κ1) is 20.3. The molecule has 0 aliphatic heterocycles. The van der Waals surface area contributed by atoms with E-state index in [2.05, 4.69) is 13.0 Å². The summed E-state index contributed by atoms with van der Waals surface area (Å²) in [5, 5.41) is 8.97. The SMILES string of the molecule is Cc1ccc(N(CCc2ccc(C#N)cc2)C(=O)[C@@H](N)c2ccccc2)cc1C. The van der Waals surface area contributed by atoms with E-state index in [1.165, 1.54) is 5.56 Å². The fourth-order valence-electron chi connectivity index (χ4n) is 3.22. The van der Waals surface area contributed by atoms with Crippen molar-refractivity contribution in [2.24, 2.45) is 5.73 Å². The first-order valence-electron chi connectivity index (χ1n) is 9.68. The molecule has 0 heterocycles. The lowest BCUT2D eigenvalue weighted by molar-refractivity contribution is -0.120. The molecule has 0 spiro atoms. The van der Waals surface area contributed by atoms with Crippen molar-refractivity contribution < 1.29 is 4.79 Å². The van der Waals surface area contributed by atoms with Gasteiger partial charge in [-0.1, -0.05) is 48.5 Å². The molecule has 4 nitrogen and oxygen atoms in total. The predicted octanol–water partition coefficient (Wildman–Crippen LogP) is 4.45. The largest absolute Gasteiger partial charge is 0.316 e. The highest BCUT2D eigenvalue weighted by molar-refractivity contribution is 5.97. The highest BCUT2D eigenvalue weighted by Gasteiger charge is 2.24. The smallest absolute Gasteiger partial charge is 0.248 e. The molecule has 1 amide bonds. The van der Waals surface area contributed by atoms with Crippen LogP contribution in [0.1, 0.15) is 33.9 Å². The normalized spacial score (nSPS) is 11.5. The van der Waals surface area contributed by atoms with Crippen molar-refractivity contribution in [2.45, 2.75) is 26.3 Å². The monoisotopic (exact) mass is 383 g/mol. The zero-order chi connectivity index (χ0) is 20.8. The van der Waals surface area contributed by atoms with Crippen LogP contribution in [0, 0.1) is 25.2 Å². The lowest BCUT2D eigenvalue weighted by Gasteiger charge is -2.27. The summed E-state index contributed by atoms with van der Waals surface area (Å²) in [5.74, 6) is -0.131. The van der Waals surface area contributed by atoms with Crippen molar-refractivity contribution in [1.82, 2.24) is 0 Å². The maximum atomic E-state index is 13.3. The van der Waals surface area contributed by atoms with E-state index in [9.17, 15) is 4.79 Å². The molecule has 0 bridgehead atoms. The number of nitrogens with two attached hydrogens (primary N) is 1. The number of hydrogen-bond donors (Lipinski definition) is 1. The standard InChI is InChI=1S/C25H25N3O/c1-18-8-13-23(16-19(18)2)28(15-14-20-9-11-21(17-26)12-10-20)25(29)24(27)22-6-4-3-5-7-22/h3-13,16,24H,14-15,27H2,1-2H3/t24-/m0/s1. The van der Waals surface area contributed by atoms with Gasteiger partial charge in [-0.2, -0.15) is 5.26 Å². The van der Waals surface area contributed by atoms with Crippen LogP contribution < -0.4 is 10.6 Å². The average molecular weight is 383 g/mol. The number of hydrogen-bond acceptors (Lipinski definition) is 3. The summed E-state index contributed by atoms with van der Waals surface area (Å²) in [6.45, 7) is 4.60. The zero-order valence-corrected chi connectivity index (χ0v) is 16.8. The fourth-order valence-corrected chi connectivity index (χ4v) is 3.22. The van der Waals surface area contributed by atoms with Gasteiger partial charge in [-0.25, -0.2) is 0 Å². The molecule has 0 unspecified atom stereocenters. The van der Waals surface area contributed by atoms with Crippen LogP contribution in [0.2, 0.25) is 0 Å². The topological polar surface area (TPSA) is 70.1 Å². The van der Waals surface area contributed by atoms with E-state index in [0.717, 1.165) is 22.4 Å². The Kier molecular flexibility index (Phi) is 6.43. The molecule has 1 atom stereocenters. The van der Waals surface area contributed by atoms with Crippen molar-refractivity contribution in [3.63, 3.8) is 0 Å². The van der Waals surface area contributed by atoms with Crippen LogP contribution in [0.5, 0.6) is 0 Å². The third kappa shape index (κ3) is 4.90. The number of anilines is 1. The van der Waals surface area contributed by atoms with Gasteiger partial charge >= 0.3 is 0 Å². The summed E-state index contributed by atoms with van der Waals surface area (Å²) in [6, 6.07) is 24.3. The van der Waals surface area contributed by atoms with Crippen molar-refractivity contribution in [3.05, 3.63) is 101 Å². The minimum Gasteiger partial charge on any atom is -0.316 e. The van der Waals surface area contributed by atoms with Crippen LogP contribution in [0.25, 0.3) is 0 Å². The van der Waals surface area contributed by atoms with E-state index in [-0.39, 0.29) is 5.91 Å². The second-order valence-corrected chi connectivity index (χ2v) is 7.21. The Balaban J connectivity index is 1.87. The Bertz CT molecular complexity index is 1020. The molecule has 0 saturated heterocycles. The Morgan fingerprint density at radius 3 is 2.31 bits per heavy atom. The molecule has 0 aliphatic carbocycles. The first-order valence-corrected chi connectivity index (χ1v) is 9.68. The molecule has 3 aromatic rings. The number of carbonyl (C=O) groups is 1. The first-order chi connectivity index (χ1) is 14.0. The summed E-state index contributed by atoms with van der Waals surface area (Å²) in [6.07, 6.45) is 0.673. The highest BCUT2D eigenvalue weighted by Crippen LogP contribution is 2.23. The van der Waals surface area contributed by atoms with E-state index in [1.807, 2.05) is 67.6 Å². The maximum Gasteiger partial charge on any atom is 0.248 e. The maximum absolute atomic E-state index is 13.3. The summed E-state index contributed by atoms with van der Waals surface area (Å²) in [5.41, 5.74) is 12.0. The highest BCUT2D eigenvalue weighted by atomic mass is 16.2. The molecule has 0 aliphatic rings. The molecule has 0 fully saturated rings. The van der Waals surface area contributed by atoms with Gasteiger partial charge in [0.05, 0.1) is 11.6 Å². The molecule has 0 radical (unpaired) electrons. The summed E-state index contributed by atoms with van der Waals surface area (Å²) in [7, 11) is 0. The molecule has 0 aromatic heterocycles. The fraction of sp³-hybridized carbons (Fsp3) is 0.200. The van der Waals surface area contributed by atoms with E-state index in [1.54, 1.807) is 17.0 Å². The van der Waals surface area contributed by atoms with Crippen LogP contribution in [-0.2, 0) is 11.2 Å². The summed E-state index contributed by atoms with van der Waals surface area (Å²) >= 11 is 0. The Labute approximate surface area is 172 Å². The molecule has 3 rings (SSSR count). The number of nitriles is 1. The third-order valence-corrected chi connectivity index (χ3v) is 5.20. The molecule has 29 heavy (non-hydrogen) atoms. The number of benzene rings is 3. The second kappa shape index (κ2) is 9.18. The molecular formula is C25H25N3O. The number of rotatable bonds is 6. The lowest BCUT2D eigenvalue weighted by atomic mass is 10.0. The van der Waals surface area contributed by atoms with Gasteiger partial charge in [0.15, 0.2) is 0 Å². The quantitative estimate of drug-likeness (QED) is 0.684. The van der Waals surface area contributed by atoms with Gasteiger partial charge < -0.3 is 10.6 Å². The Hall–Kier alpha value is -3.42. The number of amides is 1. The van der Waals surface area contributed by atoms with Crippen molar-refractivity contribution in [3.8, 4) is 6.07 Å². The van der Waals surface area contributed by atoms with Gasteiger partial charge in [-0.05, 0) is 66.8 Å². The molecule has 0 saturated carbocycles. The van der Waals surface area contributed by atoms with Crippen LogP contribution in [0.3, 0.4) is 0 Å². The molecule has 146 valence electrons. The number of nitrogens with zero attached hydrogens (tertiary/aromatic N) is 2. The van der Waals surface area contributed by atoms with Crippen molar-refractivity contribution in [2.75, 3.05) is 11.4 Å². The summed E-state index contributed by atoms with van der Waals surface area (Å²) < 4.78 is 0. The van der Waals surface area contributed by atoms with Crippen molar-refractivity contribution in [1.29, 1.82) is 5.26 Å². The third-order valence-electron chi connectivity index (χ3n) is 5.20. The minimum atomic E-state index is -0.723. The van der Waals surface area contributed by atoms with E-state index in [4.69, 9.17) is 11.0 Å². The Morgan fingerprint density at radius 1 is 1.00 bits per heavy atom. The van der Waals surface area contributed by atoms with Crippen LogP contribution >= 0.6 is 0 Å². The van der Waals surface area contributed by atoms with Gasteiger partial charge in [-0.15, -0.1) is 0 Å². The van der Waals surface area contributed by atoms with Crippen LogP contribution in [-0.4, -0.2) is 12.5 Å². The van der Waals surface area contributed by atoms with E-state index < -0.39 is 6.04 Å². The molecule has 2 N–H and O–H groups in total. The van der Waals surface area contributed by atoms with Gasteiger partial charge in [0, 0.05) is 12.2 Å².